The van der Waals surface area contributed by atoms with Crippen LogP contribution in [0, 0.1) is 0 Å². The minimum absolute atomic E-state index is 0.136. The first-order chi connectivity index (χ1) is 12.8. The number of aliphatic hydroxyl groups is 1. The van der Waals surface area contributed by atoms with E-state index in [-0.39, 0.29) is 6.61 Å². The maximum absolute atomic E-state index is 8.99. The van der Waals surface area contributed by atoms with Gasteiger partial charge in [0.1, 0.15) is 5.82 Å². The Labute approximate surface area is 157 Å². The Hall–Kier alpha value is -2.57. The van der Waals surface area contributed by atoms with Crippen LogP contribution in [-0.2, 0) is 0 Å². The summed E-state index contributed by atoms with van der Waals surface area (Å²) in [6, 6.07) is 20.1. The van der Waals surface area contributed by atoms with Crippen molar-refractivity contribution in [1.82, 2.24) is 9.97 Å². The number of thioether (sulfide) groups is 1. The predicted octanol–water partition coefficient (Wildman–Crippen LogP) is 4.40. The molecular weight excluding hydrogens is 344 g/mol. The Bertz CT molecular complexity index is 842. The van der Waals surface area contributed by atoms with Crippen molar-refractivity contribution < 1.29 is 5.11 Å². The Morgan fingerprint density at radius 2 is 1.77 bits per heavy atom. The number of aromatic nitrogens is 2. The second-order valence-corrected chi connectivity index (χ2v) is 6.51. The van der Waals surface area contributed by atoms with Crippen LogP contribution >= 0.6 is 11.8 Å². The van der Waals surface area contributed by atoms with Gasteiger partial charge in [0.2, 0.25) is 5.95 Å². The van der Waals surface area contributed by atoms with Crippen molar-refractivity contribution in [1.29, 1.82) is 0 Å². The number of hydrogen-bond acceptors (Lipinski definition) is 6. The lowest BCUT2D eigenvalue weighted by Crippen LogP contribution is -2.08. The van der Waals surface area contributed by atoms with Crippen LogP contribution in [0.25, 0.3) is 11.3 Å². The highest BCUT2D eigenvalue weighted by Gasteiger charge is 2.08. The van der Waals surface area contributed by atoms with Crippen LogP contribution in [0.15, 0.2) is 65.6 Å². The fraction of sp³-hybridized carbons (Fsp3) is 0.200. The molecule has 0 bridgehead atoms. The Balaban J connectivity index is 1.93. The van der Waals surface area contributed by atoms with Crippen LogP contribution in [-0.4, -0.2) is 34.5 Å². The van der Waals surface area contributed by atoms with Crippen molar-refractivity contribution in [3.05, 3.63) is 60.7 Å². The average molecular weight is 366 g/mol. The zero-order chi connectivity index (χ0) is 18.2. The molecule has 1 heterocycles. The molecule has 0 saturated heterocycles. The Kier molecular flexibility index (Phi) is 6.46. The lowest BCUT2D eigenvalue weighted by Gasteiger charge is -2.13. The SMILES string of the molecule is CSc1ccccc1Nc1cc(-c2ccccc2)nc(NCCCO)n1. The van der Waals surface area contributed by atoms with Crippen molar-refractivity contribution in [2.75, 3.05) is 30.0 Å². The van der Waals surface area contributed by atoms with Gasteiger partial charge in [0.05, 0.1) is 11.4 Å². The summed E-state index contributed by atoms with van der Waals surface area (Å²) >= 11 is 1.69. The molecule has 3 rings (SSSR count). The summed E-state index contributed by atoms with van der Waals surface area (Å²) < 4.78 is 0. The third-order valence-corrected chi connectivity index (χ3v) is 4.58. The molecule has 26 heavy (non-hydrogen) atoms. The largest absolute Gasteiger partial charge is 0.396 e. The van der Waals surface area contributed by atoms with Gasteiger partial charge in [-0.2, -0.15) is 4.98 Å². The molecule has 2 aromatic carbocycles. The molecule has 3 N–H and O–H groups in total. The first-order valence-corrected chi connectivity index (χ1v) is 9.72. The highest BCUT2D eigenvalue weighted by molar-refractivity contribution is 7.98. The number of para-hydroxylation sites is 1. The van der Waals surface area contributed by atoms with E-state index in [9.17, 15) is 0 Å². The number of anilines is 3. The molecule has 0 atom stereocenters. The molecule has 3 aromatic rings. The van der Waals surface area contributed by atoms with E-state index in [1.165, 1.54) is 0 Å². The van der Waals surface area contributed by atoms with E-state index in [4.69, 9.17) is 5.11 Å². The van der Waals surface area contributed by atoms with Gasteiger partial charge in [-0.05, 0) is 24.8 Å². The summed E-state index contributed by atoms with van der Waals surface area (Å²) in [6.45, 7) is 0.757. The van der Waals surface area contributed by atoms with Crippen LogP contribution in [0.2, 0.25) is 0 Å². The zero-order valence-electron chi connectivity index (χ0n) is 14.6. The topological polar surface area (TPSA) is 70.1 Å². The Morgan fingerprint density at radius 3 is 2.54 bits per heavy atom. The summed E-state index contributed by atoms with van der Waals surface area (Å²) in [5.41, 5.74) is 2.89. The zero-order valence-corrected chi connectivity index (χ0v) is 15.5. The second-order valence-electron chi connectivity index (χ2n) is 5.66. The summed E-state index contributed by atoms with van der Waals surface area (Å²) in [5, 5.41) is 15.6. The van der Waals surface area contributed by atoms with Crippen LogP contribution in [0.3, 0.4) is 0 Å². The molecule has 0 fully saturated rings. The standard InChI is InChI=1S/C20H22N4OS/c1-26-18-11-6-5-10-16(18)22-19-14-17(15-8-3-2-4-9-15)23-20(24-19)21-12-7-13-25/h2-6,8-11,14,25H,7,12-13H2,1H3,(H2,21,22,23,24). The number of hydrogen-bond donors (Lipinski definition) is 3. The fourth-order valence-corrected chi connectivity index (χ4v) is 3.07. The van der Waals surface area contributed by atoms with E-state index in [1.54, 1.807) is 11.8 Å². The lowest BCUT2D eigenvalue weighted by molar-refractivity contribution is 0.292. The summed E-state index contributed by atoms with van der Waals surface area (Å²) in [6.07, 6.45) is 2.70. The van der Waals surface area contributed by atoms with Crippen molar-refractivity contribution in [3.63, 3.8) is 0 Å². The molecule has 0 aliphatic rings. The first-order valence-electron chi connectivity index (χ1n) is 8.49. The van der Waals surface area contributed by atoms with Gasteiger partial charge in [0, 0.05) is 29.7 Å². The minimum Gasteiger partial charge on any atom is -0.396 e. The monoisotopic (exact) mass is 366 g/mol. The maximum atomic E-state index is 8.99. The molecule has 0 amide bonds. The number of nitrogens with zero attached hydrogens (tertiary/aromatic N) is 2. The van der Waals surface area contributed by atoms with Gasteiger partial charge in [-0.1, -0.05) is 42.5 Å². The fourth-order valence-electron chi connectivity index (χ4n) is 2.51. The van der Waals surface area contributed by atoms with Gasteiger partial charge in [0.25, 0.3) is 0 Å². The van der Waals surface area contributed by atoms with Gasteiger partial charge in [-0.25, -0.2) is 4.98 Å². The first kappa shape index (κ1) is 18.2. The maximum Gasteiger partial charge on any atom is 0.225 e. The highest BCUT2D eigenvalue weighted by atomic mass is 32.2. The average Bonchev–Trinajstić information content (AvgIpc) is 2.69. The molecule has 134 valence electrons. The summed E-state index contributed by atoms with van der Waals surface area (Å²) in [5.74, 6) is 1.27. The molecular formula is C20H22N4OS. The van der Waals surface area contributed by atoms with Crippen molar-refractivity contribution in [3.8, 4) is 11.3 Å². The molecule has 0 aliphatic heterocycles. The normalized spacial score (nSPS) is 10.5. The summed E-state index contributed by atoms with van der Waals surface area (Å²) in [4.78, 5) is 10.3. The highest BCUT2D eigenvalue weighted by Crippen LogP contribution is 2.29. The molecule has 6 heteroatoms. The van der Waals surface area contributed by atoms with Gasteiger partial charge < -0.3 is 15.7 Å². The smallest absolute Gasteiger partial charge is 0.225 e. The van der Waals surface area contributed by atoms with Gasteiger partial charge in [0.15, 0.2) is 0 Å². The number of rotatable bonds is 8. The van der Waals surface area contributed by atoms with E-state index >= 15 is 0 Å². The quantitative estimate of drug-likeness (QED) is 0.405. The number of aliphatic hydroxyl groups excluding tert-OH is 1. The minimum atomic E-state index is 0.136. The van der Waals surface area contributed by atoms with Crippen LogP contribution < -0.4 is 10.6 Å². The molecule has 0 saturated carbocycles. The van der Waals surface area contributed by atoms with E-state index in [1.807, 2.05) is 54.6 Å². The van der Waals surface area contributed by atoms with E-state index < -0.39 is 0 Å². The molecule has 0 unspecified atom stereocenters. The van der Waals surface area contributed by atoms with Crippen molar-refractivity contribution in [2.24, 2.45) is 0 Å². The van der Waals surface area contributed by atoms with E-state index in [0.717, 1.165) is 27.7 Å². The molecule has 0 spiro atoms. The van der Waals surface area contributed by atoms with Crippen LogP contribution in [0.5, 0.6) is 0 Å². The van der Waals surface area contributed by atoms with E-state index in [0.29, 0.717) is 18.9 Å². The Morgan fingerprint density at radius 1 is 1.00 bits per heavy atom. The number of nitrogens with one attached hydrogen (secondary N) is 2. The van der Waals surface area contributed by atoms with E-state index in [2.05, 4.69) is 32.9 Å². The van der Waals surface area contributed by atoms with Crippen LogP contribution in [0.4, 0.5) is 17.5 Å². The number of benzene rings is 2. The summed E-state index contributed by atoms with van der Waals surface area (Å²) in [7, 11) is 0. The lowest BCUT2D eigenvalue weighted by atomic mass is 10.1. The predicted molar refractivity (Wildman–Crippen MR) is 109 cm³/mol. The molecule has 1 aromatic heterocycles. The van der Waals surface area contributed by atoms with Gasteiger partial charge >= 0.3 is 0 Å². The third-order valence-electron chi connectivity index (χ3n) is 3.78. The molecule has 0 radical (unpaired) electrons. The van der Waals surface area contributed by atoms with Crippen molar-refractivity contribution in [2.45, 2.75) is 11.3 Å². The third kappa shape index (κ3) is 4.74. The molecule has 0 aliphatic carbocycles. The second kappa shape index (κ2) is 9.22. The van der Waals surface area contributed by atoms with Gasteiger partial charge in [-0.3, -0.25) is 0 Å². The van der Waals surface area contributed by atoms with Gasteiger partial charge in [-0.15, -0.1) is 11.8 Å². The van der Waals surface area contributed by atoms with Crippen molar-refractivity contribution >= 4 is 29.2 Å². The van der Waals surface area contributed by atoms with Crippen LogP contribution in [0.1, 0.15) is 6.42 Å². The molecule has 5 nitrogen and oxygen atoms in total.